The number of ether oxygens (including phenoxy) is 1. The van der Waals surface area contributed by atoms with Crippen LogP contribution < -0.4 is 11.1 Å². The largest absolute Gasteiger partial charge is 0.392 e. The SMILES string of the molecule is C1CCC2OC2C1.NC1CCCCC1O.O=C1C=C(NC2CCCCC2O)CCC1. The molecule has 0 amide bonds. The number of nitrogens with two attached hydrogens (primary N) is 1. The lowest BCUT2D eigenvalue weighted by Crippen LogP contribution is -2.42. The van der Waals surface area contributed by atoms with Crippen LogP contribution in [0.4, 0.5) is 0 Å². The van der Waals surface area contributed by atoms with Gasteiger partial charge in [0.15, 0.2) is 5.78 Å². The van der Waals surface area contributed by atoms with E-state index in [1.807, 2.05) is 0 Å². The van der Waals surface area contributed by atoms with Crippen LogP contribution in [0.1, 0.15) is 96.3 Å². The first-order valence-corrected chi connectivity index (χ1v) is 12.3. The van der Waals surface area contributed by atoms with Gasteiger partial charge in [-0.2, -0.15) is 0 Å². The molecule has 5 aliphatic rings. The quantitative estimate of drug-likeness (QED) is 0.509. The third kappa shape index (κ3) is 7.95. The molecule has 4 aliphatic carbocycles. The summed E-state index contributed by atoms with van der Waals surface area (Å²) in [5.41, 5.74) is 6.55. The molecule has 5 N–H and O–H groups in total. The molecule has 172 valence electrons. The molecular weight excluding hydrogens is 380 g/mol. The van der Waals surface area contributed by atoms with Gasteiger partial charge in [-0.05, 0) is 51.4 Å². The molecule has 5 rings (SSSR count). The highest BCUT2D eigenvalue weighted by molar-refractivity contribution is 5.91. The number of carbonyl (C=O) groups is 1. The fourth-order valence-corrected chi connectivity index (χ4v) is 4.94. The van der Waals surface area contributed by atoms with Gasteiger partial charge in [0, 0.05) is 24.2 Å². The maximum atomic E-state index is 11.2. The third-order valence-corrected chi connectivity index (χ3v) is 7.00. The van der Waals surface area contributed by atoms with Crippen LogP contribution in [0.15, 0.2) is 11.8 Å². The maximum absolute atomic E-state index is 11.2. The second kappa shape index (κ2) is 12.2. The van der Waals surface area contributed by atoms with Crippen molar-refractivity contribution in [2.45, 2.75) is 133 Å². The summed E-state index contributed by atoms with van der Waals surface area (Å²) in [6.45, 7) is 0. The molecule has 6 heteroatoms. The Hall–Kier alpha value is -0.950. The monoisotopic (exact) mass is 422 g/mol. The van der Waals surface area contributed by atoms with Crippen molar-refractivity contribution >= 4 is 5.78 Å². The molecule has 1 saturated heterocycles. The molecule has 3 saturated carbocycles. The average molecular weight is 423 g/mol. The van der Waals surface area contributed by atoms with Crippen molar-refractivity contribution in [3.63, 3.8) is 0 Å². The number of hydrogen-bond donors (Lipinski definition) is 4. The Bertz CT molecular complexity index is 547. The fraction of sp³-hybridized carbons (Fsp3) is 0.875. The summed E-state index contributed by atoms with van der Waals surface area (Å²) in [4.78, 5) is 11.2. The van der Waals surface area contributed by atoms with Crippen molar-refractivity contribution < 1.29 is 19.7 Å². The normalized spacial score (nSPS) is 38.0. The fourth-order valence-electron chi connectivity index (χ4n) is 4.94. The van der Waals surface area contributed by atoms with Crippen LogP contribution in [0.2, 0.25) is 0 Å². The van der Waals surface area contributed by atoms with E-state index in [4.69, 9.17) is 15.6 Å². The van der Waals surface area contributed by atoms with Crippen LogP contribution in [-0.2, 0) is 9.53 Å². The summed E-state index contributed by atoms with van der Waals surface area (Å²) in [6.07, 6.45) is 19.2. The summed E-state index contributed by atoms with van der Waals surface area (Å²) in [6, 6.07) is 0.222. The first kappa shape index (κ1) is 23.7. The van der Waals surface area contributed by atoms with Crippen molar-refractivity contribution in [1.29, 1.82) is 0 Å². The van der Waals surface area contributed by atoms with E-state index in [0.29, 0.717) is 18.6 Å². The maximum Gasteiger partial charge on any atom is 0.157 e. The molecule has 6 nitrogen and oxygen atoms in total. The van der Waals surface area contributed by atoms with Gasteiger partial charge in [0.1, 0.15) is 0 Å². The Morgan fingerprint density at radius 3 is 1.93 bits per heavy atom. The Labute approximate surface area is 181 Å². The molecule has 4 fully saturated rings. The highest BCUT2D eigenvalue weighted by Crippen LogP contribution is 2.35. The molecule has 1 aliphatic heterocycles. The van der Waals surface area contributed by atoms with Crippen LogP contribution in [0.5, 0.6) is 0 Å². The molecule has 0 aromatic rings. The van der Waals surface area contributed by atoms with Gasteiger partial charge in [0.2, 0.25) is 0 Å². The average Bonchev–Trinajstić information content (AvgIpc) is 3.53. The number of aliphatic hydroxyl groups excluding tert-OH is 2. The Morgan fingerprint density at radius 2 is 1.40 bits per heavy atom. The topological polar surface area (TPSA) is 108 Å². The van der Waals surface area contributed by atoms with Gasteiger partial charge < -0.3 is 26.0 Å². The number of hydrogen-bond acceptors (Lipinski definition) is 6. The second-order valence-electron chi connectivity index (χ2n) is 9.61. The zero-order valence-electron chi connectivity index (χ0n) is 18.4. The molecule has 30 heavy (non-hydrogen) atoms. The van der Waals surface area contributed by atoms with E-state index >= 15 is 0 Å². The van der Waals surface area contributed by atoms with Crippen molar-refractivity contribution in [3.05, 3.63) is 11.8 Å². The summed E-state index contributed by atoms with van der Waals surface area (Å²) in [5.74, 6) is 0.217. The van der Waals surface area contributed by atoms with Crippen molar-refractivity contribution in [2.75, 3.05) is 0 Å². The van der Waals surface area contributed by atoms with Crippen molar-refractivity contribution in [2.24, 2.45) is 5.73 Å². The predicted molar refractivity (Wildman–Crippen MR) is 118 cm³/mol. The molecular formula is C24H42N2O4. The van der Waals surface area contributed by atoms with Gasteiger partial charge in [-0.3, -0.25) is 4.79 Å². The zero-order valence-corrected chi connectivity index (χ0v) is 18.4. The minimum Gasteiger partial charge on any atom is -0.392 e. The molecule has 6 unspecified atom stereocenters. The summed E-state index contributed by atoms with van der Waals surface area (Å²) >= 11 is 0. The first-order chi connectivity index (χ1) is 14.5. The molecule has 1 heterocycles. The van der Waals surface area contributed by atoms with Crippen LogP contribution in [-0.4, -0.2) is 52.5 Å². The molecule has 0 spiro atoms. The highest BCUT2D eigenvalue weighted by atomic mass is 16.6. The first-order valence-electron chi connectivity index (χ1n) is 12.3. The van der Waals surface area contributed by atoms with E-state index in [2.05, 4.69) is 5.32 Å². The highest BCUT2D eigenvalue weighted by Gasteiger charge is 2.39. The molecule has 6 atom stereocenters. The lowest BCUT2D eigenvalue weighted by molar-refractivity contribution is -0.115. The van der Waals surface area contributed by atoms with E-state index in [0.717, 1.165) is 57.1 Å². The number of fused-ring (bicyclic) bond motifs is 1. The van der Waals surface area contributed by atoms with Crippen molar-refractivity contribution in [1.82, 2.24) is 5.32 Å². The number of carbonyl (C=O) groups excluding carboxylic acids is 1. The van der Waals surface area contributed by atoms with Gasteiger partial charge >= 0.3 is 0 Å². The van der Waals surface area contributed by atoms with Crippen LogP contribution in [0.3, 0.4) is 0 Å². The van der Waals surface area contributed by atoms with Gasteiger partial charge in [-0.15, -0.1) is 0 Å². The van der Waals surface area contributed by atoms with Gasteiger partial charge in [0.05, 0.1) is 30.5 Å². The second-order valence-corrected chi connectivity index (χ2v) is 9.61. The molecule has 0 bridgehead atoms. The van der Waals surface area contributed by atoms with E-state index in [-0.39, 0.29) is 30.1 Å². The van der Waals surface area contributed by atoms with E-state index in [1.165, 1.54) is 38.5 Å². The Morgan fingerprint density at radius 1 is 0.800 bits per heavy atom. The standard InChI is InChI=1S/C12H19NO2.C6H13NO.C6H10O/c14-10-5-3-4-9(8-10)13-11-6-1-2-7-12(11)15;7-5-3-1-2-4-6(5)8;1-2-4-6-5(3-1)7-6/h8,11-13,15H,1-7H2;5-6,8H,1-4,7H2;5-6H,1-4H2. The summed E-state index contributed by atoms with van der Waals surface area (Å²) in [7, 11) is 0. The molecule has 0 aromatic carbocycles. The molecule has 0 aromatic heterocycles. The number of epoxide rings is 1. The Balaban J connectivity index is 0.000000142. The van der Waals surface area contributed by atoms with Crippen LogP contribution in [0, 0.1) is 0 Å². The van der Waals surface area contributed by atoms with E-state index < -0.39 is 0 Å². The lowest BCUT2D eigenvalue weighted by Gasteiger charge is -2.30. The smallest absolute Gasteiger partial charge is 0.157 e. The lowest BCUT2D eigenvalue weighted by atomic mass is 9.91. The number of aliphatic hydroxyl groups is 2. The summed E-state index contributed by atoms with van der Waals surface area (Å²) < 4.78 is 5.28. The number of allylic oxidation sites excluding steroid dienone is 2. The predicted octanol–water partition coefficient (Wildman–Crippen LogP) is 3.09. The van der Waals surface area contributed by atoms with E-state index in [1.54, 1.807) is 6.08 Å². The number of ketones is 1. The third-order valence-electron chi connectivity index (χ3n) is 7.00. The zero-order chi connectivity index (χ0) is 21.3. The van der Waals surface area contributed by atoms with Crippen LogP contribution in [0.25, 0.3) is 0 Å². The van der Waals surface area contributed by atoms with E-state index in [9.17, 15) is 9.90 Å². The van der Waals surface area contributed by atoms with Gasteiger partial charge in [-0.25, -0.2) is 0 Å². The number of rotatable bonds is 2. The Kier molecular flexibility index (Phi) is 9.63. The number of nitrogens with one attached hydrogen (secondary N) is 1. The molecule has 0 radical (unpaired) electrons. The minimum atomic E-state index is -0.239. The van der Waals surface area contributed by atoms with Crippen LogP contribution >= 0.6 is 0 Å². The summed E-state index contributed by atoms with van der Waals surface area (Å²) in [5, 5.41) is 22.2. The van der Waals surface area contributed by atoms with Crippen molar-refractivity contribution in [3.8, 4) is 0 Å². The van der Waals surface area contributed by atoms with Gasteiger partial charge in [0.25, 0.3) is 0 Å². The van der Waals surface area contributed by atoms with Gasteiger partial charge in [-0.1, -0.05) is 38.5 Å². The minimum absolute atomic E-state index is 0.0590.